The highest BCUT2D eigenvalue weighted by Crippen LogP contribution is 2.40. The molecule has 2 rings (SSSR count). The Hall–Kier alpha value is -1.10. The van der Waals surface area contributed by atoms with Crippen LogP contribution in [-0.4, -0.2) is 49.6 Å². The molecule has 160 valence electrons. The van der Waals surface area contributed by atoms with E-state index in [4.69, 9.17) is 14.2 Å². The molecule has 1 aliphatic heterocycles. The van der Waals surface area contributed by atoms with Gasteiger partial charge in [0, 0.05) is 6.54 Å². The number of unbranched alkanes of at least 4 members (excludes halogenated alkanes) is 2. The number of benzene rings is 1. The SMILES string of the molecule is CCCCN(CCCC)CC1COC(C)(C(C)(C)COc2ccc(C)cc2)O1. The molecule has 2 atom stereocenters. The minimum absolute atomic E-state index is 0.123. The highest BCUT2D eigenvalue weighted by atomic mass is 16.7. The molecule has 1 aliphatic rings. The summed E-state index contributed by atoms with van der Waals surface area (Å²) < 4.78 is 18.7. The largest absolute Gasteiger partial charge is 0.493 e. The van der Waals surface area contributed by atoms with Crippen LogP contribution < -0.4 is 4.74 Å². The van der Waals surface area contributed by atoms with Crippen molar-refractivity contribution < 1.29 is 14.2 Å². The fraction of sp³-hybridized carbons (Fsp3) is 0.750. The van der Waals surface area contributed by atoms with E-state index in [1.807, 2.05) is 12.1 Å². The van der Waals surface area contributed by atoms with Crippen molar-refractivity contribution in [3.05, 3.63) is 29.8 Å². The van der Waals surface area contributed by atoms with Crippen LogP contribution in [0.4, 0.5) is 0 Å². The molecule has 28 heavy (non-hydrogen) atoms. The van der Waals surface area contributed by atoms with E-state index in [9.17, 15) is 0 Å². The molecule has 0 amide bonds. The molecule has 1 fully saturated rings. The Morgan fingerprint density at radius 1 is 1.11 bits per heavy atom. The molecule has 2 unspecified atom stereocenters. The van der Waals surface area contributed by atoms with Gasteiger partial charge in [-0.05, 0) is 51.9 Å². The zero-order valence-corrected chi connectivity index (χ0v) is 18.9. The maximum Gasteiger partial charge on any atom is 0.174 e. The lowest BCUT2D eigenvalue weighted by Gasteiger charge is -2.39. The Morgan fingerprint density at radius 2 is 1.71 bits per heavy atom. The molecule has 0 bridgehead atoms. The van der Waals surface area contributed by atoms with Crippen molar-refractivity contribution in [1.82, 2.24) is 4.90 Å². The second-order valence-corrected chi connectivity index (χ2v) is 8.99. The Labute approximate surface area is 172 Å². The molecule has 1 aromatic carbocycles. The molecule has 0 aliphatic carbocycles. The lowest BCUT2D eigenvalue weighted by Crippen LogP contribution is -2.47. The number of rotatable bonds is 12. The molecule has 0 radical (unpaired) electrons. The topological polar surface area (TPSA) is 30.9 Å². The van der Waals surface area contributed by atoms with E-state index in [0.717, 1.165) is 25.4 Å². The van der Waals surface area contributed by atoms with Gasteiger partial charge in [0.05, 0.1) is 24.7 Å². The van der Waals surface area contributed by atoms with Crippen molar-refractivity contribution in [3.63, 3.8) is 0 Å². The Bertz CT molecular complexity index is 564. The van der Waals surface area contributed by atoms with Gasteiger partial charge in [0.15, 0.2) is 5.79 Å². The first-order chi connectivity index (χ1) is 13.3. The van der Waals surface area contributed by atoms with Crippen molar-refractivity contribution in [2.45, 2.75) is 79.1 Å². The molecule has 1 aromatic rings. The third-order valence-corrected chi connectivity index (χ3v) is 5.90. The molecule has 0 aromatic heterocycles. The Morgan fingerprint density at radius 3 is 2.29 bits per heavy atom. The third-order valence-electron chi connectivity index (χ3n) is 5.90. The summed E-state index contributed by atoms with van der Waals surface area (Å²) >= 11 is 0. The number of hydrogen-bond donors (Lipinski definition) is 0. The van der Waals surface area contributed by atoms with Crippen LogP contribution in [0.15, 0.2) is 24.3 Å². The van der Waals surface area contributed by atoms with Gasteiger partial charge in [0.1, 0.15) is 5.75 Å². The van der Waals surface area contributed by atoms with Gasteiger partial charge in [-0.3, -0.25) is 0 Å². The van der Waals surface area contributed by atoms with E-state index in [0.29, 0.717) is 13.2 Å². The summed E-state index contributed by atoms with van der Waals surface area (Å²) in [5, 5.41) is 0. The Balaban J connectivity index is 1.90. The van der Waals surface area contributed by atoms with Crippen molar-refractivity contribution in [1.29, 1.82) is 0 Å². The predicted octanol–water partition coefficient (Wildman–Crippen LogP) is 5.43. The first-order valence-electron chi connectivity index (χ1n) is 11.0. The van der Waals surface area contributed by atoms with Gasteiger partial charge in [-0.15, -0.1) is 0 Å². The summed E-state index contributed by atoms with van der Waals surface area (Å²) in [5.74, 6) is 0.255. The van der Waals surface area contributed by atoms with Gasteiger partial charge in [0.25, 0.3) is 0 Å². The van der Waals surface area contributed by atoms with E-state index in [2.05, 4.69) is 58.6 Å². The highest BCUT2D eigenvalue weighted by Gasteiger charge is 2.50. The summed E-state index contributed by atoms with van der Waals surface area (Å²) in [5.41, 5.74) is 0.976. The van der Waals surface area contributed by atoms with Crippen molar-refractivity contribution in [2.24, 2.45) is 5.41 Å². The van der Waals surface area contributed by atoms with Crippen LogP contribution in [0.3, 0.4) is 0 Å². The minimum Gasteiger partial charge on any atom is -0.493 e. The van der Waals surface area contributed by atoms with Crippen molar-refractivity contribution in [3.8, 4) is 5.75 Å². The quantitative estimate of drug-likeness (QED) is 0.475. The van der Waals surface area contributed by atoms with Crippen LogP contribution in [0.25, 0.3) is 0 Å². The fourth-order valence-corrected chi connectivity index (χ4v) is 3.46. The summed E-state index contributed by atoms with van der Waals surface area (Å²) in [7, 11) is 0. The maximum atomic E-state index is 6.47. The number of nitrogens with zero attached hydrogens (tertiary/aromatic N) is 1. The van der Waals surface area contributed by atoms with E-state index >= 15 is 0 Å². The molecule has 0 spiro atoms. The van der Waals surface area contributed by atoms with Crippen LogP contribution in [0.5, 0.6) is 5.75 Å². The van der Waals surface area contributed by atoms with Crippen LogP contribution in [0.1, 0.15) is 65.9 Å². The van der Waals surface area contributed by atoms with Gasteiger partial charge in [-0.2, -0.15) is 0 Å². The molecule has 0 saturated carbocycles. The number of hydrogen-bond acceptors (Lipinski definition) is 4. The molecule has 1 heterocycles. The molecule has 0 N–H and O–H groups in total. The second-order valence-electron chi connectivity index (χ2n) is 8.99. The van der Waals surface area contributed by atoms with E-state index < -0.39 is 5.79 Å². The van der Waals surface area contributed by atoms with Gasteiger partial charge in [-0.1, -0.05) is 58.2 Å². The number of ether oxygens (including phenoxy) is 3. The fourth-order valence-electron chi connectivity index (χ4n) is 3.46. The molecular formula is C24H41NO3. The monoisotopic (exact) mass is 391 g/mol. The summed E-state index contributed by atoms with van der Waals surface area (Å²) in [6, 6.07) is 8.19. The summed E-state index contributed by atoms with van der Waals surface area (Å²) in [4.78, 5) is 2.54. The van der Waals surface area contributed by atoms with Crippen molar-refractivity contribution >= 4 is 0 Å². The molecular weight excluding hydrogens is 350 g/mol. The van der Waals surface area contributed by atoms with Gasteiger partial charge >= 0.3 is 0 Å². The van der Waals surface area contributed by atoms with Gasteiger partial charge in [-0.25, -0.2) is 0 Å². The smallest absolute Gasteiger partial charge is 0.174 e. The third kappa shape index (κ3) is 6.47. The molecule has 1 saturated heterocycles. The highest BCUT2D eigenvalue weighted by molar-refractivity contribution is 5.26. The van der Waals surface area contributed by atoms with Gasteiger partial charge in [0.2, 0.25) is 0 Å². The zero-order chi connectivity index (χ0) is 20.6. The average Bonchev–Trinajstić information content (AvgIpc) is 3.06. The number of aryl methyl sites for hydroxylation is 1. The van der Waals surface area contributed by atoms with Crippen LogP contribution in [0.2, 0.25) is 0 Å². The average molecular weight is 392 g/mol. The summed E-state index contributed by atoms with van der Waals surface area (Å²) in [6.07, 6.45) is 5.06. The van der Waals surface area contributed by atoms with Crippen LogP contribution in [-0.2, 0) is 9.47 Å². The zero-order valence-electron chi connectivity index (χ0n) is 18.9. The normalized spacial score (nSPS) is 22.8. The first kappa shape index (κ1) is 23.2. The summed E-state index contributed by atoms with van der Waals surface area (Å²) in [6.45, 7) is 17.4. The Kier molecular flexibility index (Phi) is 8.79. The van der Waals surface area contributed by atoms with E-state index in [1.165, 1.54) is 31.2 Å². The van der Waals surface area contributed by atoms with Crippen LogP contribution >= 0.6 is 0 Å². The van der Waals surface area contributed by atoms with E-state index in [-0.39, 0.29) is 11.5 Å². The minimum atomic E-state index is -0.635. The van der Waals surface area contributed by atoms with Gasteiger partial charge < -0.3 is 19.1 Å². The molecule has 4 nitrogen and oxygen atoms in total. The van der Waals surface area contributed by atoms with Crippen molar-refractivity contribution in [2.75, 3.05) is 32.8 Å². The molecule has 4 heteroatoms. The van der Waals surface area contributed by atoms with E-state index in [1.54, 1.807) is 0 Å². The van der Waals surface area contributed by atoms with Crippen LogP contribution in [0, 0.1) is 12.3 Å². The maximum absolute atomic E-state index is 6.47. The first-order valence-corrected chi connectivity index (χ1v) is 11.0. The lowest BCUT2D eigenvalue weighted by atomic mass is 9.85. The lowest BCUT2D eigenvalue weighted by molar-refractivity contribution is -0.231. The standard InChI is InChI=1S/C24H41NO3/c1-7-9-15-25(16-10-8-2)17-22-18-27-24(6,28-22)23(4,5)19-26-21-13-11-20(3)12-14-21/h11-14,22H,7-10,15-19H2,1-6H3. The second kappa shape index (κ2) is 10.6. The predicted molar refractivity (Wildman–Crippen MR) is 116 cm³/mol.